The summed E-state index contributed by atoms with van der Waals surface area (Å²) < 4.78 is 6.83. The zero-order valence-corrected chi connectivity index (χ0v) is 13.3. The normalized spacial score (nSPS) is 10.5. The Hall–Kier alpha value is -1.25. The molecule has 0 bridgehead atoms. The van der Waals surface area contributed by atoms with Crippen LogP contribution >= 0.6 is 34.9 Å². The van der Waals surface area contributed by atoms with Crippen LogP contribution in [0.4, 0.5) is 0 Å². The van der Waals surface area contributed by atoms with Gasteiger partial charge in [-0.1, -0.05) is 40.9 Å². The van der Waals surface area contributed by atoms with Gasteiger partial charge in [-0.05, 0) is 24.0 Å². The van der Waals surface area contributed by atoms with E-state index in [1.807, 2.05) is 12.3 Å². The zero-order chi connectivity index (χ0) is 14.5. The molecule has 20 heavy (non-hydrogen) atoms. The maximum atomic E-state index is 11.1. The number of carboxylic acid groups (broad SMARTS) is 1. The first-order valence-electron chi connectivity index (χ1n) is 5.54. The van der Waals surface area contributed by atoms with Crippen LogP contribution in [0.5, 0.6) is 5.75 Å². The van der Waals surface area contributed by atoms with Crippen LogP contribution in [0, 0.1) is 0 Å². The topological polar surface area (TPSA) is 72.3 Å². The Labute approximate surface area is 128 Å². The molecule has 8 heteroatoms. The number of ether oxygens (including phenoxy) is 1. The molecule has 0 unspecified atom stereocenters. The van der Waals surface area contributed by atoms with E-state index in [9.17, 15) is 4.79 Å². The van der Waals surface area contributed by atoms with Gasteiger partial charge < -0.3 is 9.84 Å². The molecular formula is C12H12N2O3S3. The summed E-state index contributed by atoms with van der Waals surface area (Å²) in [5.74, 6) is 0.0222. The second-order valence-corrected chi connectivity index (χ2v) is 6.92. The Bertz CT molecular complexity index is 616. The molecule has 106 valence electrons. The molecular weight excluding hydrogens is 316 g/mol. The Morgan fingerprint density at radius 2 is 2.15 bits per heavy atom. The molecule has 2 aromatic rings. The van der Waals surface area contributed by atoms with Gasteiger partial charge >= 0.3 is 5.97 Å². The average molecular weight is 328 g/mol. The van der Waals surface area contributed by atoms with Crippen molar-refractivity contribution in [1.82, 2.24) is 10.2 Å². The molecule has 1 aromatic heterocycles. The Morgan fingerprint density at radius 1 is 1.40 bits per heavy atom. The van der Waals surface area contributed by atoms with Crippen LogP contribution in [0.1, 0.15) is 15.9 Å². The number of nitrogens with zero attached hydrogens (tertiary/aromatic N) is 2. The number of methoxy groups -OCH3 is 1. The summed E-state index contributed by atoms with van der Waals surface area (Å²) in [6.07, 6.45) is 1.96. The first-order chi connectivity index (χ1) is 9.63. The Kier molecular flexibility index (Phi) is 5.27. The number of rotatable bonds is 6. The third-order valence-electron chi connectivity index (χ3n) is 2.42. The van der Waals surface area contributed by atoms with Gasteiger partial charge in [-0.15, -0.1) is 10.2 Å². The molecule has 0 fully saturated rings. The molecule has 0 radical (unpaired) electrons. The van der Waals surface area contributed by atoms with E-state index in [0.717, 1.165) is 14.2 Å². The molecule has 2 rings (SSSR count). The molecule has 0 aliphatic carbocycles. The third kappa shape index (κ3) is 3.65. The third-order valence-corrected chi connectivity index (χ3v) is 5.52. The molecule has 0 spiro atoms. The standard InChI is InChI=1S/C12H12N2O3S3/c1-17-9-4-3-7(5-8(9)10(15)16)6-19-12-14-13-11(18-2)20-12/h3-5H,6H2,1-2H3,(H,15,16). The van der Waals surface area contributed by atoms with E-state index in [0.29, 0.717) is 11.5 Å². The van der Waals surface area contributed by atoms with Gasteiger partial charge in [0.05, 0.1) is 7.11 Å². The predicted octanol–water partition coefficient (Wildman–Crippen LogP) is 3.26. The van der Waals surface area contributed by atoms with E-state index in [1.54, 1.807) is 35.7 Å². The van der Waals surface area contributed by atoms with Gasteiger partial charge in [0.15, 0.2) is 8.68 Å². The van der Waals surface area contributed by atoms with Crippen molar-refractivity contribution in [1.29, 1.82) is 0 Å². The highest BCUT2D eigenvalue weighted by Crippen LogP contribution is 2.30. The largest absolute Gasteiger partial charge is 0.496 e. The number of carboxylic acids is 1. The van der Waals surface area contributed by atoms with Crippen molar-refractivity contribution in [3.05, 3.63) is 29.3 Å². The fraction of sp³-hybridized carbons (Fsp3) is 0.250. The van der Waals surface area contributed by atoms with E-state index in [-0.39, 0.29) is 5.56 Å². The van der Waals surface area contributed by atoms with Crippen LogP contribution in [0.15, 0.2) is 26.9 Å². The minimum Gasteiger partial charge on any atom is -0.496 e. The van der Waals surface area contributed by atoms with Crippen molar-refractivity contribution >= 4 is 40.8 Å². The summed E-state index contributed by atoms with van der Waals surface area (Å²) in [6.45, 7) is 0. The molecule has 0 amide bonds. The smallest absolute Gasteiger partial charge is 0.339 e. The fourth-order valence-electron chi connectivity index (χ4n) is 1.50. The predicted molar refractivity (Wildman–Crippen MR) is 81.2 cm³/mol. The fourth-order valence-corrected chi connectivity index (χ4v) is 3.88. The van der Waals surface area contributed by atoms with Crippen molar-refractivity contribution in [3.63, 3.8) is 0 Å². The molecule has 1 heterocycles. The lowest BCUT2D eigenvalue weighted by atomic mass is 10.1. The number of hydrogen-bond acceptors (Lipinski definition) is 7. The van der Waals surface area contributed by atoms with Crippen LogP contribution < -0.4 is 4.74 Å². The van der Waals surface area contributed by atoms with E-state index in [1.165, 1.54) is 18.4 Å². The van der Waals surface area contributed by atoms with Crippen LogP contribution in [0.2, 0.25) is 0 Å². The second-order valence-electron chi connectivity index (χ2n) is 3.67. The monoisotopic (exact) mass is 328 g/mol. The van der Waals surface area contributed by atoms with Crippen LogP contribution in [-0.2, 0) is 5.75 Å². The van der Waals surface area contributed by atoms with E-state index in [2.05, 4.69) is 10.2 Å². The maximum absolute atomic E-state index is 11.1. The first kappa shape index (κ1) is 15.1. The van der Waals surface area contributed by atoms with Crippen molar-refractivity contribution < 1.29 is 14.6 Å². The van der Waals surface area contributed by atoms with E-state index in [4.69, 9.17) is 9.84 Å². The minimum atomic E-state index is -0.991. The van der Waals surface area contributed by atoms with Crippen LogP contribution in [-0.4, -0.2) is 34.6 Å². The van der Waals surface area contributed by atoms with Gasteiger partial charge in [0.1, 0.15) is 11.3 Å². The lowest BCUT2D eigenvalue weighted by molar-refractivity contribution is 0.0693. The number of aromatic carboxylic acids is 1. The highest BCUT2D eigenvalue weighted by molar-refractivity contribution is 8.02. The molecule has 1 aromatic carbocycles. The number of benzene rings is 1. The lowest BCUT2D eigenvalue weighted by Gasteiger charge is -2.06. The van der Waals surface area contributed by atoms with Gasteiger partial charge in [0.2, 0.25) is 0 Å². The molecule has 0 saturated carbocycles. The van der Waals surface area contributed by atoms with Crippen molar-refractivity contribution in [3.8, 4) is 5.75 Å². The van der Waals surface area contributed by atoms with Crippen molar-refractivity contribution in [2.24, 2.45) is 0 Å². The van der Waals surface area contributed by atoms with Gasteiger partial charge in [0.25, 0.3) is 0 Å². The summed E-state index contributed by atoms with van der Waals surface area (Å²) in [5, 5.41) is 17.2. The summed E-state index contributed by atoms with van der Waals surface area (Å²) in [5.41, 5.74) is 1.08. The Balaban J connectivity index is 2.09. The van der Waals surface area contributed by atoms with Crippen LogP contribution in [0.25, 0.3) is 0 Å². The molecule has 0 saturated heterocycles. The minimum absolute atomic E-state index is 0.174. The quantitative estimate of drug-likeness (QED) is 0.816. The first-order valence-corrected chi connectivity index (χ1v) is 8.57. The average Bonchev–Trinajstić information content (AvgIpc) is 2.92. The van der Waals surface area contributed by atoms with E-state index >= 15 is 0 Å². The number of aromatic nitrogens is 2. The Morgan fingerprint density at radius 3 is 2.75 bits per heavy atom. The highest BCUT2D eigenvalue weighted by Gasteiger charge is 2.12. The van der Waals surface area contributed by atoms with Crippen molar-refractivity contribution in [2.45, 2.75) is 14.4 Å². The summed E-state index contributed by atoms with van der Waals surface area (Å²) >= 11 is 4.63. The van der Waals surface area contributed by atoms with Gasteiger partial charge in [0, 0.05) is 5.75 Å². The second kappa shape index (κ2) is 6.96. The van der Waals surface area contributed by atoms with Gasteiger partial charge in [-0.25, -0.2) is 4.79 Å². The highest BCUT2D eigenvalue weighted by atomic mass is 32.2. The SMILES string of the molecule is COc1ccc(CSc2nnc(SC)s2)cc1C(=O)O. The molecule has 1 N–H and O–H groups in total. The zero-order valence-electron chi connectivity index (χ0n) is 10.8. The molecule has 0 aliphatic heterocycles. The molecule has 5 nitrogen and oxygen atoms in total. The summed E-state index contributed by atoms with van der Waals surface area (Å²) in [7, 11) is 1.46. The summed E-state index contributed by atoms with van der Waals surface area (Å²) in [6, 6.07) is 5.16. The summed E-state index contributed by atoms with van der Waals surface area (Å²) in [4.78, 5) is 11.1. The maximum Gasteiger partial charge on any atom is 0.339 e. The number of thioether (sulfide) groups is 2. The van der Waals surface area contributed by atoms with Gasteiger partial charge in [-0.2, -0.15) is 0 Å². The lowest BCUT2D eigenvalue weighted by Crippen LogP contribution is -2.01. The number of carbonyl (C=O) groups is 1. The van der Waals surface area contributed by atoms with Gasteiger partial charge in [-0.3, -0.25) is 0 Å². The molecule has 0 atom stereocenters. The van der Waals surface area contributed by atoms with Crippen LogP contribution in [0.3, 0.4) is 0 Å². The van der Waals surface area contributed by atoms with E-state index < -0.39 is 5.97 Å². The molecule has 0 aliphatic rings. The van der Waals surface area contributed by atoms with Crippen molar-refractivity contribution in [2.75, 3.05) is 13.4 Å². The number of hydrogen-bond donors (Lipinski definition) is 1.